The number of aromatic nitrogens is 2. The van der Waals surface area contributed by atoms with Crippen LogP contribution in [0.5, 0.6) is 0 Å². The highest BCUT2D eigenvalue weighted by atomic mass is 32.1. The van der Waals surface area contributed by atoms with Gasteiger partial charge < -0.3 is 14.5 Å². The zero-order valence-electron chi connectivity index (χ0n) is 9.21. The topological polar surface area (TPSA) is 24.0 Å². The molecule has 0 unspecified atom stereocenters. The predicted molar refractivity (Wildman–Crippen MR) is 62.1 cm³/mol. The van der Waals surface area contributed by atoms with Crippen molar-refractivity contribution in [1.82, 2.24) is 14.5 Å². The first-order valence-electron chi connectivity index (χ1n) is 5.15. The number of hydrogen-bond donors (Lipinski definition) is 1. The molecular weight excluding hydrogens is 194 g/mol. The SMILES string of the molecule is CCN(CC)CCn1cc(C)[nH]c1=S. The van der Waals surface area contributed by atoms with Gasteiger partial charge in [0.05, 0.1) is 0 Å². The Morgan fingerprint density at radius 3 is 2.50 bits per heavy atom. The van der Waals surface area contributed by atoms with E-state index in [4.69, 9.17) is 12.2 Å². The van der Waals surface area contributed by atoms with E-state index in [0.717, 1.165) is 36.6 Å². The molecule has 0 fully saturated rings. The summed E-state index contributed by atoms with van der Waals surface area (Å²) in [5.74, 6) is 0. The van der Waals surface area contributed by atoms with E-state index in [1.807, 2.05) is 6.92 Å². The number of rotatable bonds is 5. The minimum atomic E-state index is 0.828. The summed E-state index contributed by atoms with van der Waals surface area (Å²) >= 11 is 5.19. The molecule has 0 spiro atoms. The first-order chi connectivity index (χ1) is 6.67. The second-order valence-corrected chi connectivity index (χ2v) is 3.85. The molecule has 1 heterocycles. The lowest BCUT2D eigenvalue weighted by Crippen LogP contribution is -2.26. The van der Waals surface area contributed by atoms with Crippen LogP contribution in [-0.2, 0) is 6.54 Å². The van der Waals surface area contributed by atoms with Gasteiger partial charge in [0.25, 0.3) is 0 Å². The molecule has 1 aromatic heterocycles. The summed E-state index contributed by atoms with van der Waals surface area (Å²) in [7, 11) is 0. The fraction of sp³-hybridized carbons (Fsp3) is 0.700. The van der Waals surface area contributed by atoms with E-state index in [1.54, 1.807) is 0 Å². The molecule has 0 atom stereocenters. The lowest BCUT2D eigenvalue weighted by atomic mass is 10.4. The van der Waals surface area contributed by atoms with E-state index in [9.17, 15) is 0 Å². The van der Waals surface area contributed by atoms with Crippen molar-refractivity contribution in [2.75, 3.05) is 19.6 Å². The molecule has 0 aliphatic heterocycles. The Hall–Kier alpha value is -0.610. The van der Waals surface area contributed by atoms with E-state index in [2.05, 4.69) is 34.5 Å². The van der Waals surface area contributed by atoms with Crippen molar-refractivity contribution >= 4 is 12.2 Å². The molecule has 3 nitrogen and oxygen atoms in total. The molecule has 0 radical (unpaired) electrons. The van der Waals surface area contributed by atoms with E-state index in [0.29, 0.717) is 0 Å². The third-order valence-electron chi connectivity index (χ3n) is 2.47. The maximum atomic E-state index is 5.19. The Bertz CT molecular complexity index is 322. The number of imidazole rings is 1. The molecule has 0 aliphatic rings. The largest absolute Gasteiger partial charge is 0.335 e. The van der Waals surface area contributed by atoms with Gasteiger partial charge in [0.1, 0.15) is 0 Å². The lowest BCUT2D eigenvalue weighted by molar-refractivity contribution is 0.290. The molecule has 4 heteroatoms. The number of hydrogen-bond acceptors (Lipinski definition) is 2. The fourth-order valence-corrected chi connectivity index (χ4v) is 1.83. The second-order valence-electron chi connectivity index (χ2n) is 3.46. The Morgan fingerprint density at radius 2 is 2.07 bits per heavy atom. The van der Waals surface area contributed by atoms with Crippen LogP contribution in [0, 0.1) is 11.7 Å². The summed E-state index contributed by atoms with van der Waals surface area (Å²) in [5.41, 5.74) is 1.13. The zero-order valence-corrected chi connectivity index (χ0v) is 10.0. The molecule has 14 heavy (non-hydrogen) atoms. The number of H-pyrrole nitrogens is 1. The molecule has 80 valence electrons. The van der Waals surface area contributed by atoms with Gasteiger partial charge >= 0.3 is 0 Å². The molecular formula is C10H19N3S. The van der Waals surface area contributed by atoms with Gasteiger partial charge in [-0.25, -0.2) is 0 Å². The minimum absolute atomic E-state index is 0.828. The molecule has 0 amide bonds. The average molecular weight is 213 g/mol. The summed E-state index contributed by atoms with van der Waals surface area (Å²) in [6.07, 6.45) is 2.08. The van der Waals surface area contributed by atoms with Crippen LogP contribution in [-0.4, -0.2) is 34.1 Å². The molecule has 0 saturated carbocycles. The van der Waals surface area contributed by atoms with E-state index in [-0.39, 0.29) is 0 Å². The third-order valence-corrected chi connectivity index (χ3v) is 2.80. The van der Waals surface area contributed by atoms with Crippen LogP contribution in [0.1, 0.15) is 19.5 Å². The average Bonchev–Trinajstić information content (AvgIpc) is 2.47. The normalized spacial score (nSPS) is 11.1. The number of aryl methyl sites for hydroxylation is 1. The maximum absolute atomic E-state index is 5.19. The van der Waals surface area contributed by atoms with Crippen molar-refractivity contribution in [3.63, 3.8) is 0 Å². The van der Waals surface area contributed by atoms with Crippen LogP contribution in [0.4, 0.5) is 0 Å². The highest BCUT2D eigenvalue weighted by molar-refractivity contribution is 7.71. The Kier molecular flexibility index (Phi) is 4.35. The summed E-state index contributed by atoms with van der Waals surface area (Å²) < 4.78 is 2.93. The molecule has 1 rings (SSSR count). The third kappa shape index (κ3) is 2.96. The quantitative estimate of drug-likeness (QED) is 0.758. The summed E-state index contributed by atoms with van der Waals surface area (Å²) in [6.45, 7) is 10.7. The standard InChI is InChI=1S/C10H19N3S/c1-4-12(5-2)6-7-13-8-9(3)11-10(13)14/h8H,4-7H2,1-3H3,(H,11,14). The van der Waals surface area contributed by atoms with Gasteiger partial charge in [-0.3, -0.25) is 0 Å². The van der Waals surface area contributed by atoms with Gasteiger partial charge in [0, 0.05) is 25.0 Å². The Morgan fingerprint density at radius 1 is 1.43 bits per heavy atom. The predicted octanol–water partition coefficient (Wildman–Crippen LogP) is 2.20. The van der Waals surface area contributed by atoms with Crippen molar-refractivity contribution in [3.8, 4) is 0 Å². The van der Waals surface area contributed by atoms with Crippen LogP contribution in [0.15, 0.2) is 6.20 Å². The number of nitrogens with one attached hydrogen (secondary N) is 1. The van der Waals surface area contributed by atoms with Crippen LogP contribution in [0.2, 0.25) is 0 Å². The Balaban J connectivity index is 2.53. The lowest BCUT2D eigenvalue weighted by Gasteiger charge is -2.17. The maximum Gasteiger partial charge on any atom is 0.177 e. The van der Waals surface area contributed by atoms with Gasteiger partial charge in [-0.15, -0.1) is 0 Å². The van der Waals surface area contributed by atoms with Crippen LogP contribution >= 0.6 is 12.2 Å². The van der Waals surface area contributed by atoms with Gasteiger partial charge in [-0.1, -0.05) is 13.8 Å². The molecule has 0 saturated heterocycles. The van der Waals surface area contributed by atoms with Gasteiger partial charge in [0.2, 0.25) is 0 Å². The van der Waals surface area contributed by atoms with Crippen molar-refractivity contribution in [2.45, 2.75) is 27.3 Å². The molecule has 0 aromatic carbocycles. The molecule has 0 aliphatic carbocycles. The van der Waals surface area contributed by atoms with Crippen molar-refractivity contribution in [1.29, 1.82) is 0 Å². The van der Waals surface area contributed by atoms with Crippen LogP contribution < -0.4 is 0 Å². The van der Waals surface area contributed by atoms with Gasteiger partial charge in [-0.05, 0) is 32.2 Å². The van der Waals surface area contributed by atoms with E-state index >= 15 is 0 Å². The number of aromatic amines is 1. The van der Waals surface area contributed by atoms with E-state index in [1.165, 1.54) is 0 Å². The first kappa shape index (κ1) is 11.5. The summed E-state index contributed by atoms with van der Waals surface area (Å²) in [6, 6.07) is 0. The van der Waals surface area contributed by atoms with Gasteiger partial charge in [0.15, 0.2) is 4.77 Å². The van der Waals surface area contributed by atoms with Crippen molar-refractivity contribution in [2.24, 2.45) is 0 Å². The molecule has 1 aromatic rings. The zero-order chi connectivity index (χ0) is 10.6. The second kappa shape index (κ2) is 5.32. The van der Waals surface area contributed by atoms with Crippen molar-refractivity contribution in [3.05, 3.63) is 16.7 Å². The Labute approximate surface area is 90.7 Å². The van der Waals surface area contributed by atoms with Crippen LogP contribution in [0.3, 0.4) is 0 Å². The van der Waals surface area contributed by atoms with Gasteiger partial charge in [-0.2, -0.15) is 0 Å². The number of nitrogens with zero attached hydrogens (tertiary/aromatic N) is 2. The molecule has 0 bridgehead atoms. The van der Waals surface area contributed by atoms with Crippen LogP contribution in [0.25, 0.3) is 0 Å². The minimum Gasteiger partial charge on any atom is -0.335 e. The highest BCUT2D eigenvalue weighted by Gasteiger charge is 2.00. The highest BCUT2D eigenvalue weighted by Crippen LogP contribution is 1.98. The summed E-state index contributed by atoms with van der Waals surface area (Å²) in [4.78, 5) is 5.52. The van der Waals surface area contributed by atoms with Crippen molar-refractivity contribution < 1.29 is 0 Å². The number of likely N-dealkylation sites (N-methyl/N-ethyl adjacent to an activating group) is 1. The molecule has 1 N–H and O–H groups in total. The summed E-state index contributed by atoms with van der Waals surface area (Å²) in [5, 5.41) is 0. The smallest absolute Gasteiger partial charge is 0.177 e. The first-order valence-corrected chi connectivity index (χ1v) is 5.56. The monoisotopic (exact) mass is 213 g/mol. The fourth-order valence-electron chi connectivity index (χ4n) is 1.52. The van der Waals surface area contributed by atoms with E-state index < -0.39 is 0 Å².